The number of methoxy groups -OCH3 is 1. The maximum atomic E-state index is 12.5. The summed E-state index contributed by atoms with van der Waals surface area (Å²) in [5.41, 5.74) is 2.07. The molecule has 108 valence electrons. The molecular weight excluding hydrogens is 252 g/mol. The minimum absolute atomic E-state index is 0.0460. The third-order valence-electron chi connectivity index (χ3n) is 3.44. The quantitative estimate of drug-likeness (QED) is 0.841. The van der Waals surface area contributed by atoms with Crippen LogP contribution in [0.15, 0.2) is 18.2 Å². The molecule has 3 heteroatoms. The van der Waals surface area contributed by atoms with Crippen molar-refractivity contribution in [2.24, 2.45) is 5.92 Å². The Hall–Kier alpha value is -1.77. The molecule has 0 aromatic heterocycles. The van der Waals surface area contributed by atoms with Gasteiger partial charge in [0, 0.05) is 17.1 Å². The summed E-state index contributed by atoms with van der Waals surface area (Å²) in [6.07, 6.45) is 1.91. The molecule has 1 aliphatic heterocycles. The van der Waals surface area contributed by atoms with Crippen LogP contribution in [0.4, 0.5) is 0 Å². The van der Waals surface area contributed by atoms with Crippen LogP contribution in [0.2, 0.25) is 0 Å². The zero-order valence-electron chi connectivity index (χ0n) is 13.0. The smallest absolute Gasteiger partial charge is 0.165 e. The molecule has 3 nitrogen and oxygen atoms in total. The fraction of sp³-hybridized carbons (Fsp3) is 0.471. The minimum atomic E-state index is -0.478. The third kappa shape index (κ3) is 2.58. The van der Waals surface area contributed by atoms with Gasteiger partial charge in [-0.15, -0.1) is 0 Å². The van der Waals surface area contributed by atoms with Gasteiger partial charge in [-0.3, -0.25) is 4.79 Å². The van der Waals surface area contributed by atoms with Gasteiger partial charge in [0.2, 0.25) is 0 Å². The third-order valence-corrected chi connectivity index (χ3v) is 3.44. The zero-order valence-corrected chi connectivity index (χ0v) is 13.0. The van der Waals surface area contributed by atoms with Gasteiger partial charge < -0.3 is 9.47 Å². The molecule has 0 saturated heterocycles. The van der Waals surface area contributed by atoms with E-state index in [1.807, 2.05) is 52.8 Å². The van der Waals surface area contributed by atoms with E-state index in [2.05, 4.69) is 0 Å². The fourth-order valence-electron chi connectivity index (χ4n) is 2.43. The molecule has 0 N–H and O–H groups in total. The van der Waals surface area contributed by atoms with E-state index in [1.54, 1.807) is 7.11 Å². The molecule has 0 atom stereocenters. The summed E-state index contributed by atoms with van der Waals surface area (Å²) in [5, 5.41) is 0. The van der Waals surface area contributed by atoms with Gasteiger partial charge in [0.15, 0.2) is 5.78 Å². The Labute approximate surface area is 120 Å². The Morgan fingerprint density at radius 1 is 1.30 bits per heavy atom. The van der Waals surface area contributed by atoms with Crippen molar-refractivity contribution in [3.8, 4) is 11.5 Å². The van der Waals surface area contributed by atoms with Crippen molar-refractivity contribution < 1.29 is 14.3 Å². The lowest BCUT2D eigenvalue weighted by Gasteiger charge is -2.31. The van der Waals surface area contributed by atoms with Crippen molar-refractivity contribution in [2.75, 3.05) is 7.11 Å². The molecule has 0 saturated carbocycles. The molecule has 2 rings (SSSR count). The maximum Gasteiger partial charge on any atom is 0.165 e. The first-order valence-corrected chi connectivity index (χ1v) is 6.90. The van der Waals surface area contributed by atoms with Crippen molar-refractivity contribution in [1.82, 2.24) is 0 Å². The van der Waals surface area contributed by atoms with Crippen LogP contribution in [-0.4, -0.2) is 18.5 Å². The number of hydrogen-bond acceptors (Lipinski definition) is 3. The molecule has 20 heavy (non-hydrogen) atoms. The van der Waals surface area contributed by atoms with Gasteiger partial charge in [0.1, 0.15) is 17.1 Å². The number of allylic oxidation sites excluding steroid dienone is 1. The van der Waals surface area contributed by atoms with E-state index in [4.69, 9.17) is 9.47 Å². The summed E-state index contributed by atoms with van der Waals surface area (Å²) >= 11 is 0. The number of carbonyl (C=O) groups is 1. The van der Waals surface area contributed by atoms with Crippen molar-refractivity contribution in [1.29, 1.82) is 0 Å². The molecule has 0 unspecified atom stereocenters. The van der Waals surface area contributed by atoms with E-state index in [0.717, 1.165) is 28.2 Å². The van der Waals surface area contributed by atoms with Crippen LogP contribution in [-0.2, 0) is 4.79 Å². The first kappa shape index (κ1) is 14.6. The molecule has 1 aliphatic rings. The molecular formula is C17H22O3. The maximum absolute atomic E-state index is 12.5. The molecule has 0 bridgehead atoms. The Kier molecular flexibility index (Phi) is 3.63. The highest BCUT2D eigenvalue weighted by atomic mass is 16.5. The number of fused-ring (bicyclic) bond motifs is 1. The highest BCUT2D eigenvalue weighted by molar-refractivity contribution is 6.22. The van der Waals surface area contributed by atoms with Gasteiger partial charge in [0.05, 0.1) is 7.11 Å². The first-order valence-electron chi connectivity index (χ1n) is 6.90. The SMILES string of the molecule is COc1cc2c(cc1C)OC(C)(C)C=C2C(=O)C(C)C. The van der Waals surface area contributed by atoms with Crippen LogP contribution in [0.25, 0.3) is 5.57 Å². The number of ketones is 1. The second-order valence-corrected chi connectivity index (χ2v) is 6.10. The monoisotopic (exact) mass is 274 g/mol. The summed E-state index contributed by atoms with van der Waals surface area (Å²) < 4.78 is 11.3. The van der Waals surface area contributed by atoms with Crippen molar-refractivity contribution >= 4 is 11.4 Å². The Balaban J connectivity index is 2.63. The highest BCUT2D eigenvalue weighted by Crippen LogP contribution is 2.40. The summed E-state index contributed by atoms with van der Waals surface area (Å²) in [6, 6.07) is 3.84. The van der Waals surface area contributed by atoms with Crippen LogP contribution in [0.3, 0.4) is 0 Å². The number of rotatable bonds is 3. The van der Waals surface area contributed by atoms with Crippen LogP contribution in [0.1, 0.15) is 38.8 Å². The largest absolute Gasteiger partial charge is 0.496 e. The number of Topliss-reactive ketones (excluding diaryl/α,β-unsaturated/α-hetero) is 1. The number of carbonyl (C=O) groups excluding carboxylic acids is 1. The van der Waals surface area contributed by atoms with E-state index >= 15 is 0 Å². The lowest BCUT2D eigenvalue weighted by atomic mass is 9.87. The van der Waals surface area contributed by atoms with Crippen molar-refractivity contribution in [2.45, 2.75) is 40.2 Å². The van der Waals surface area contributed by atoms with Crippen LogP contribution >= 0.6 is 0 Å². The average molecular weight is 274 g/mol. The Morgan fingerprint density at radius 2 is 1.95 bits per heavy atom. The summed E-state index contributed by atoms with van der Waals surface area (Å²) in [4.78, 5) is 12.5. The van der Waals surface area contributed by atoms with E-state index in [0.29, 0.717) is 0 Å². The second-order valence-electron chi connectivity index (χ2n) is 6.10. The molecule has 0 amide bonds. The van der Waals surface area contributed by atoms with Gasteiger partial charge in [-0.2, -0.15) is 0 Å². The Bertz CT molecular complexity index is 580. The van der Waals surface area contributed by atoms with Gasteiger partial charge in [-0.25, -0.2) is 0 Å². The highest BCUT2D eigenvalue weighted by Gasteiger charge is 2.31. The molecule has 1 aromatic rings. The fourth-order valence-corrected chi connectivity index (χ4v) is 2.43. The zero-order chi connectivity index (χ0) is 15.1. The summed E-state index contributed by atoms with van der Waals surface area (Å²) in [5.74, 6) is 1.61. The Morgan fingerprint density at radius 3 is 2.50 bits per heavy atom. The van der Waals surface area contributed by atoms with Gasteiger partial charge in [-0.1, -0.05) is 13.8 Å². The van der Waals surface area contributed by atoms with Gasteiger partial charge in [-0.05, 0) is 44.5 Å². The van der Waals surface area contributed by atoms with E-state index < -0.39 is 5.60 Å². The molecule has 1 aromatic carbocycles. The minimum Gasteiger partial charge on any atom is -0.496 e. The lowest BCUT2D eigenvalue weighted by Crippen LogP contribution is -2.31. The molecule has 0 radical (unpaired) electrons. The number of benzene rings is 1. The normalized spacial score (nSPS) is 16.2. The number of hydrogen-bond donors (Lipinski definition) is 0. The molecule has 0 spiro atoms. The standard InChI is InChI=1S/C17H22O3/c1-10(2)16(18)13-9-17(4,5)20-15-7-11(3)14(19-6)8-12(13)15/h7-10H,1-6H3. The van der Waals surface area contributed by atoms with Crippen molar-refractivity contribution in [3.05, 3.63) is 29.3 Å². The van der Waals surface area contributed by atoms with Gasteiger partial charge >= 0.3 is 0 Å². The molecule has 0 aliphatic carbocycles. The van der Waals surface area contributed by atoms with Gasteiger partial charge in [0.25, 0.3) is 0 Å². The lowest BCUT2D eigenvalue weighted by molar-refractivity contribution is -0.116. The van der Waals surface area contributed by atoms with E-state index in [1.165, 1.54) is 0 Å². The summed E-state index contributed by atoms with van der Waals surface area (Å²) in [6.45, 7) is 9.72. The van der Waals surface area contributed by atoms with E-state index in [9.17, 15) is 4.79 Å². The van der Waals surface area contributed by atoms with E-state index in [-0.39, 0.29) is 11.7 Å². The predicted octanol–water partition coefficient (Wildman–Crippen LogP) is 3.78. The number of aryl methyl sites for hydroxylation is 1. The van der Waals surface area contributed by atoms with Crippen LogP contribution in [0.5, 0.6) is 11.5 Å². The van der Waals surface area contributed by atoms with Crippen LogP contribution < -0.4 is 9.47 Å². The average Bonchev–Trinajstić information content (AvgIpc) is 2.35. The first-order chi connectivity index (χ1) is 9.25. The summed E-state index contributed by atoms with van der Waals surface area (Å²) in [7, 11) is 1.63. The van der Waals surface area contributed by atoms with Crippen LogP contribution in [0, 0.1) is 12.8 Å². The number of ether oxygens (including phenoxy) is 2. The van der Waals surface area contributed by atoms with Crippen molar-refractivity contribution in [3.63, 3.8) is 0 Å². The molecule has 1 heterocycles. The predicted molar refractivity (Wildman–Crippen MR) is 80.3 cm³/mol. The topological polar surface area (TPSA) is 35.5 Å². The second kappa shape index (κ2) is 4.97. The molecule has 0 fully saturated rings.